The quantitative estimate of drug-likeness (QED) is 0.694. The number of carbonyl (C=O) groups excluding carboxylic acids is 1. The Bertz CT molecular complexity index is 315. The highest BCUT2D eigenvalue weighted by atomic mass is 16.1. The van der Waals surface area contributed by atoms with Gasteiger partial charge in [0.15, 0.2) is 0 Å². The van der Waals surface area contributed by atoms with Crippen molar-refractivity contribution < 1.29 is 4.79 Å². The fraction of sp³-hybridized carbons (Fsp3) is 0.786. The first kappa shape index (κ1) is 15.2. The zero-order valence-corrected chi connectivity index (χ0v) is 12.3. The fourth-order valence-corrected chi connectivity index (χ4v) is 2.04. The summed E-state index contributed by atoms with van der Waals surface area (Å²) >= 11 is 0. The van der Waals surface area contributed by atoms with Gasteiger partial charge in [-0.3, -0.25) is 4.79 Å². The summed E-state index contributed by atoms with van der Waals surface area (Å²) in [6.07, 6.45) is 1.10. The number of carbonyl (C=O) groups is 1. The molecule has 1 aliphatic heterocycles. The summed E-state index contributed by atoms with van der Waals surface area (Å²) in [6.45, 7) is 8.79. The number of hydrogen-bond donors (Lipinski definition) is 2. The van der Waals surface area contributed by atoms with Gasteiger partial charge in [0, 0.05) is 31.2 Å². The van der Waals surface area contributed by atoms with Crippen LogP contribution in [-0.2, 0) is 4.79 Å². The Morgan fingerprint density at radius 3 is 2.39 bits per heavy atom. The molecule has 1 fully saturated rings. The van der Waals surface area contributed by atoms with E-state index in [9.17, 15) is 4.79 Å². The van der Waals surface area contributed by atoms with E-state index in [0.717, 1.165) is 31.6 Å². The van der Waals surface area contributed by atoms with Crippen molar-refractivity contribution in [2.45, 2.75) is 33.2 Å². The van der Waals surface area contributed by atoms with Crippen LogP contribution in [-0.4, -0.2) is 50.6 Å². The third-order valence-electron chi connectivity index (χ3n) is 3.52. The lowest BCUT2D eigenvalue weighted by molar-refractivity contribution is -0.117. The highest BCUT2D eigenvalue weighted by molar-refractivity contribution is 5.93. The van der Waals surface area contributed by atoms with Crippen molar-refractivity contribution in [3.8, 4) is 0 Å². The molecule has 0 aromatic rings. The van der Waals surface area contributed by atoms with Crippen LogP contribution in [0.4, 0.5) is 0 Å². The molecule has 18 heavy (non-hydrogen) atoms. The Balaban J connectivity index is 2.44. The summed E-state index contributed by atoms with van der Waals surface area (Å²) in [5, 5.41) is 6.21. The first-order chi connectivity index (χ1) is 8.41. The van der Waals surface area contributed by atoms with Crippen LogP contribution >= 0.6 is 0 Å². The van der Waals surface area contributed by atoms with Crippen LogP contribution in [0.5, 0.6) is 0 Å². The second-order valence-electron chi connectivity index (χ2n) is 5.79. The van der Waals surface area contributed by atoms with Gasteiger partial charge in [-0.25, -0.2) is 0 Å². The molecule has 0 bridgehead atoms. The number of nitrogens with one attached hydrogen (secondary N) is 2. The average molecular weight is 253 g/mol. The molecule has 0 aromatic carbocycles. The van der Waals surface area contributed by atoms with E-state index in [1.54, 1.807) is 0 Å². The van der Waals surface area contributed by atoms with E-state index in [1.807, 2.05) is 6.92 Å². The van der Waals surface area contributed by atoms with Crippen molar-refractivity contribution in [2.75, 3.05) is 33.7 Å². The summed E-state index contributed by atoms with van der Waals surface area (Å²) in [7, 11) is 4.14. The number of nitrogens with zero attached hydrogens (tertiary/aromatic N) is 1. The summed E-state index contributed by atoms with van der Waals surface area (Å²) in [5.41, 5.74) is 2.12. The second-order valence-corrected chi connectivity index (χ2v) is 5.79. The van der Waals surface area contributed by atoms with Crippen LogP contribution in [0.25, 0.3) is 0 Å². The number of rotatable bonds is 6. The minimum absolute atomic E-state index is 0.0853. The van der Waals surface area contributed by atoms with Crippen LogP contribution in [0.3, 0.4) is 0 Å². The summed E-state index contributed by atoms with van der Waals surface area (Å²) in [4.78, 5) is 14.2. The molecular formula is C14H27N3O. The monoisotopic (exact) mass is 253 g/mol. The molecule has 1 heterocycles. The molecule has 1 amide bonds. The van der Waals surface area contributed by atoms with E-state index in [1.165, 1.54) is 5.57 Å². The molecular weight excluding hydrogens is 226 g/mol. The summed E-state index contributed by atoms with van der Waals surface area (Å²) in [6, 6.07) is 0.409. The molecule has 4 nitrogen and oxygen atoms in total. The van der Waals surface area contributed by atoms with Crippen molar-refractivity contribution in [1.82, 2.24) is 15.5 Å². The van der Waals surface area contributed by atoms with Crippen LogP contribution in [0.15, 0.2) is 11.1 Å². The lowest BCUT2D eigenvalue weighted by Gasteiger charge is -2.27. The van der Waals surface area contributed by atoms with Crippen LogP contribution in [0.1, 0.15) is 27.2 Å². The molecule has 0 spiro atoms. The topological polar surface area (TPSA) is 44.4 Å². The smallest absolute Gasteiger partial charge is 0.247 e. The largest absolute Gasteiger partial charge is 0.351 e. The van der Waals surface area contributed by atoms with E-state index in [4.69, 9.17) is 0 Å². The summed E-state index contributed by atoms with van der Waals surface area (Å²) < 4.78 is 0. The maximum atomic E-state index is 12.0. The molecule has 1 atom stereocenters. The molecule has 1 rings (SSSR count). The van der Waals surface area contributed by atoms with Crippen molar-refractivity contribution in [2.24, 2.45) is 5.92 Å². The maximum Gasteiger partial charge on any atom is 0.247 e. The number of amides is 1. The van der Waals surface area contributed by atoms with Crippen LogP contribution < -0.4 is 10.6 Å². The van der Waals surface area contributed by atoms with Gasteiger partial charge >= 0.3 is 0 Å². The second kappa shape index (κ2) is 6.90. The summed E-state index contributed by atoms with van der Waals surface area (Å²) in [5.74, 6) is 0.728. The SMILES string of the molecule is CC(C(=O)NCC(CC(C)C)N(C)C)=C1CNC1. The molecule has 4 heteroatoms. The predicted octanol–water partition coefficient (Wildman–Crippen LogP) is 0.999. The van der Waals surface area contributed by atoms with Crippen LogP contribution in [0, 0.1) is 5.92 Å². The predicted molar refractivity (Wildman–Crippen MR) is 75.5 cm³/mol. The molecule has 0 aliphatic carbocycles. The third-order valence-corrected chi connectivity index (χ3v) is 3.52. The van der Waals surface area contributed by atoms with Gasteiger partial charge in [-0.1, -0.05) is 13.8 Å². The Morgan fingerprint density at radius 2 is 2.00 bits per heavy atom. The molecule has 0 saturated carbocycles. The van der Waals surface area contributed by atoms with E-state index in [-0.39, 0.29) is 5.91 Å². The highest BCUT2D eigenvalue weighted by Gasteiger charge is 2.18. The zero-order valence-electron chi connectivity index (χ0n) is 12.3. The van der Waals surface area contributed by atoms with E-state index in [0.29, 0.717) is 12.0 Å². The molecule has 0 radical (unpaired) electrons. The number of likely N-dealkylation sites (N-methyl/N-ethyl adjacent to an activating group) is 1. The first-order valence-corrected chi connectivity index (χ1v) is 6.75. The third kappa shape index (κ3) is 4.42. The highest BCUT2D eigenvalue weighted by Crippen LogP contribution is 2.10. The Kier molecular flexibility index (Phi) is 5.82. The lowest BCUT2D eigenvalue weighted by atomic mass is 10.0. The number of hydrogen-bond acceptors (Lipinski definition) is 3. The van der Waals surface area contributed by atoms with E-state index < -0.39 is 0 Å². The fourth-order valence-electron chi connectivity index (χ4n) is 2.04. The maximum absolute atomic E-state index is 12.0. The zero-order chi connectivity index (χ0) is 13.7. The minimum atomic E-state index is 0.0853. The van der Waals surface area contributed by atoms with E-state index in [2.05, 4.69) is 43.5 Å². The Morgan fingerprint density at radius 1 is 1.39 bits per heavy atom. The normalized spacial score (nSPS) is 16.7. The van der Waals surface area contributed by atoms with Gasteiger partial charge in [-0.2, -0.15) is 0 Å². The van der Waals surface area contributed by atoms with Crippen LogP contribution in [0.2, 0.25) is 0 Å². The van der Waals surface area contributed by atoms with Gasteiger partial charge in [0.2, 0.25) is 5.91 Å². The molecule has 0 aromatic heterocycles. The van der Waals surface area contributed by atoms with Gasteiger partial charge in [-0.15, -0.1) is 0 Å². The Hall–Kier alpha value is -0.870. The van der Waals surface area contributed by atoms with Crippen molar-refractivity contribution in [3.05, 3.63) is 11.1 Å². The molecule has 1 aliphatic rings. The van der Waals surface area contributed by atoms with Gasteiger partial charge in [0.1, 0.15) is 0 Å². The van der Waals surface area contributed by atoms with Gasteiger partial charge in [0.25, 0.3) is 0 Å². The van der Waals surface area contributed by atoms with Gasteiger partial charge in [0.05, 0.1) is 0 Å². The van der Waals surface area contributed by atoms with Crippen molar-refractivity contribution in [1.29, 1.82) is 0 Å². The molecule has 104 valence electrons. The molecule has 1 unspecified atom stereocenters. The molecule has 1 saturated heterocycles. The molecule has 2 N–H and O–H groups in total. The standard InChI is InChI=1S/C14H27N3O/c1-10(2)6-13(17(4)5)9-16-14(18)11(3)12-7-15-8-12/h10,13,15H,6-9H2,1-5H3,(H,16,18). The average Bonchev–Trinajstić information content (AvgIpc) is 2.20. The Labute approximate surface area is 111 Å². The van der Waals surface area contributed by atoms with Gasteiger partial charge in [-0.05, 0) is 38.9 Å². The first-order valence-electron chi connectivity index (χ1n) is 6.75. The minimum Gasteiger partial charge on any atom is -0.351 e. The van der Waals surface area contributed by atoms with Crippen molar-refractivity contribution in [3.63, 3.8) is 0 Å². The van der Waals surface area contributed by atoms with Gasteiger partial charge < -0.3 is 15.5 Å². The van der Waals surface area contributed by atoms with E-state index >= 15 is 0 Å². The van der Waals surface area contributed by atoms with Crippen molar-refractivity contribution >= 4 is 5.91 Å². The lowest BCUT2D eigenvalue weighted by Crippen LogP contribution is -2.43.